The summed E-state index contributed by atoms with van der Waals surface area (Å²) in [7, 11) is 0. The second-order valence-corrected chi connectivity index (χ2v) is 7.91. The zero-order valence-corrected chi connectivity index (χ0v) is 17.5. The van der Waals surface area contributed by atoms with Gasteiger partial charge < -0.3 is 10.6 Å². The van der Waals surface area contributed by atoms with Gasteiger partial charge in [0.15, 0.2) is 0 Å². The number of carbonyl (C=O) groups excluding carboxylic acids is 2. The van der Waals surface area contributed by atoms with Crippen LogP contribution in [0.5, 0.6) is 0 Å². The first-order chi connectivity index (χ1) is 13.9. The van der Waals surface area contributed by atoms with Gasteiger partial charge in [-0.05, 0) is 36.1 Å². The highest BCUT2D eigenvalue weighted by Gasteiger charge is 2.25. The normalized spacial score (nSPS) is 20.3. The average Bonchev–Trinajstić information content (AvgIpc) is 2.66. The molecule has 1 heterocycles. The number of allylic oxidation sites excluding steroid dienone is 4. The smallest absolute Gasteiger partial charge is 0.228 e. The van der Waals surface area contributed by atoms with E-state index in [0.717, 1.165) is 24.0 Å². The number of nitrogens with one attached hydrogen (secondary N) is 2. The molecule has 29 heavy (non-hydrogen) atoms. The Hall–Kier alpha value is -2.66. The number of hydrogen-bond donors (Lipinski definition) is 2. The number of halogens is 1. The van der Waals surface area contributed by atoms with Gasteiger partial charge in [0.2, 0.25) is 11.8 Å². The van der Waals surface area contributed by atoms with Crippen LogP contribution in [-0.4, -0.2) is 23.7 Å². The largest absolute Gasteiger partial charge is 0.352 e. The number of nitrogens with zero attached hydrogens (tertiary/aromatic N) is 1. The summed E-state index contributed by atoms with van der Waals surface area (Å²) in [6, 6.07) is 5.24. The first-order valence-electron chi connectivity index (χ1n) is 9.91. The van der Waals surface area contributed by atoms with Gasteiger partial charge in [-0.25, -0.2) is 0 Å². The summed E-state index contributed by atoms with van der Waals surface area (Å²) in [4.78, 5) is 29.0. The molecule has 2 amide bonds. The van der Waals surface area contributed by atoms with Gasteiger partial charge in [-0.3, -0.25) is 14.6 Å². The highest BCUT2D eigenvalue weighted by molar-refractivity contribution is 6.34. The van der Waals surface area contributed by atoms with Crippen LogP contribution < -0.4 is 10.6 Å². The minimum Gasteiger partial charge on any atom is -0.352 e. The molecule has 6 heteroatoms. The van der Waals surface area contributed by atoms with Gasteiger partial charge in [0.05, 0.1) is 17.5 Å². The zero-order valence-electron chi connectivity index (χ0n) is 16.7. The molecule has 0 bridgehead atoms. The molecule has 0 saturated carbocycles. The molecule has 1 aromatic rings. The SMILES string of the molecule is CC(C)C(=O)NCc1ccc(Cl)c(C2=NC(C3=C/C=C\CCC=C3)CC(=O)N2)c1. The Morgan fingerprint density at radius 2 is 2.10 bits per heavy atom. The Morgan fingerprint density at radius 1 is 1.31 bits per heavy atom. The van der Waals surface area contributed by atoms with E-state index in [1.807, 2.05) is 44.2 Å². The van der Waals surface area contributed by atoms with Gasteiger partial charge in [0.1, 0.15) is 5.84 Å². The van der Waals surface area contributed by atoms with E-state index in [1.54, 1.807) is 6.07 Å². The number of benzene rings is 1. The molecule has 0 saturated heterocycles. The van der Waals surface area contributed by atoms with E-state index in [1.165, 1.54) is 0 Å². The molecule has 0 fully saturated rings. The molecular weight excluding hydrogens is 386 g/mol. The van der Waals surface area contributed by atoms with Crippen molar-refractivity contribution in [3.8, 4) is 0 Å². The van der Waals surface area contributed by atoms with Crippen molar-refractivity contribution in [3.63, 3.8) is 0 Å². The highest BCUT2D eigenvalue weighted by Crippen LogP contribution is 2.23. The number of amides is 2. The van der Waals surface area contributed by atoms with Crippen molar-refractivity contribution in [2.75, 3.05) is 0 Å². The molecule has 0 spiro atoms. The summed E-state index contributed by atoms with van der Waals surface area (Å²) in [6.07, 6.45) is 12.6. The van der Waals surface area contributed by atoms with Crippen LogP contribution >= 0.6 is 11.6 Å². The monoisotopic (exact) mass is 411 g/mol. The van der Waals surface area contributed by atoms with Gasteiger partial charge >= 0.3 is 0 Å². The summed E-state index contributed by atoms with van der Waals surface area (Å²) in [5, 5.41) is 6.25. The lowest BCUT2D eigenvalue weighted by Crippen LogP contribution is -2.39. The molecule has 2 N–H and O–H groups in total. The standard InChI is InChI=1S/C23H26ClN3O2/c1-15(2)23(29)25-14-16-10-11-19(24)18(12-16)22-26-20(13-21(28)27-22)17-8-6-4-3-5-7-9-17/h4,6-12,15,20H,3,5,13-14H2,1-2H3,(H,25,29)(H,26,27,28)/b6-4-,9-7?,17-8?. The number of aliphatic imine (C=N–C) groups is 1. The molecule has 5 nitrogen and oxygen atoms in total. The van der Waals surface area contributed by atoms with Crippen LogP contribution in [0.2, 0.25) is 5.02 Å². The summed E-state index contributed by atoms with van der Waals surface area (Å²) >= 11 is 6.41. The third-order valence-electron chi connectivity index (χ3n) is 4.82. The molecule has 1 aliphatic carbocycles. The number of hydrogen-bond acceptors (Lipinski definition) is 3. The summed E-state index contributed by atoms with van der Waals surface area (Å²) in [5.74, 6) is 0.285. The third kappa shape index (κ3) is 5.67. The third-order valence-corrected chi connectivity index (χ3v) is 5.15. The predicted molar refractivity (Wildman–Crippen MR) is 117 cm³/mol. The van der Waals surface area contributed by atoms with Crippen LogP contribution in [-0.2, 0) is 16.1 Å². The minimum absolute atomic E-state index is 0.0130. The Bertz CT molecular complexity index is 913. The van der Waals surface area contributed by atoms with E-state index in [9.17, 15) is 9.59 Å². The molecule has 3 rings (SSSR count). The van der Waals surface area contributed by atoms with Gasteiger partial charge in [-0.2, -0.15) is 0 Å². The van der Waals surface area contributed by atoms with Crippen LogP contribution in [0.1, 0.15) is 44.2 Å². The molecule has 1 aromatic carbocycles. The van der Waals surface area contributed by atoms with Crippen molar-refractivity contribution in [3.05, 3.63) is 70.3 Å². The van der Waals surface area contributed by atoms with Crippen LogP contribution in [0.15, 0.2) is 59.1 Å². The predicted octanol–water partition coefficient (Wildman–Crippen LogP) is 4.08. The molecule has 2 aliphatic rings. The average molecular weight is 412 g/mol. The van der Waals surface area contributed by atoms with Crippen LogP contribution in [0.3, 0.4) is 0 Å². The van der Waals surface area contributed by atoms with Gasteiger partial charge in [0.25, 0.3) is 0 Å². The van der Waals surface area contributed by atoms with E-state index in [-0.39, 0.29) is 23.8 Å². The molecule has 1 atom stereocenters. The van der Waals surface area contributed by atoms with E-state index in [2.05, 4.69) is 22.8 Å². The lowest BCUT2D eigenvalue weighted by atomic mass is 9.98. The topological polar surface area (TPSA) is 70.6 Å². The summed E-state index contributed by atoms with van der Waals surface area (Å²) in [5.41, 5.74) is 2.56. The summed E-state index contributed by atoms with van der Waals surface area (Å²) < 4.78 is 0. The highest BCUT2D eigenvalue weighted by atomic mass is 35.5. The van der Waals surface area contributed by atoms with Gasteiger partial charge in [-0.15, -0.1) is 0 Å². The van der Waals surface area contributed by atoms with E-state index >= 15 is 0 Å². The Labute approximate surface area is 176 Å². The number of carbonyl (C=O) groups is 2. The Morgan fingerprint density at radius 3 is 2.90 bits per heavy atom. The van der Waals surface area contributed by atoms with Crippen molar-refractivity contribution in [2.24, 2.45) is 10.9 Å². The van der Waals surface area contributed by atoms with Crippen molar-refractivity contribution >= 4 is 29.3 Å². The van der Waals surface area contributed by atoms with Crippen molar-refractivity contribution in [2.45, 2.75) is 45.7 Å². The fourth-order valence-corrected chi connectivity index (χ4v) is 3.35. The van der Waals surface area contributed by atoms with Crippen molar-refractivity contribution in [1.82, 2.24) is 10.6 Å². The first kappa shape index (κ1) is 21.1. The van der Waals surface area contributed by atoms with E-state index in [0.29, 0.717) is 29.4 Å². The minimum atomic E-state index is -0.252. The molecule has 152 valence electrons. The lowest BCUT2D eigenvalue weighted by molar-refractivity contribution is -0.124. The zero-order chi connectivity index (χ0) is 20.8. The second kappa shape index (κ2) is 9.70. The molecule has 1 aliphatic heterocycles. The number of rotatable bonds is 5. The lowest BCUT2D eigenvalue weighted by Gasteiger charge is -2.23. The molecule has 0 aromatic heterocycles. The fraction of sp³-hybridized carbons (Fsp3) is 0.348. The summed E-state index contributed by atoms with van der Waals surface area (Å²) in [6.45, 7) is 4.09. The molecule has 0 radical (unpaired) electrons. The van der Waals surface area contributed by atoms with Crippen LogP contribution in [0.4, 0.5) is 0 Å². The van der Waals surface area contributed by atoms with Gasteiger partial charge in [0, 0.05) is 18.0 Å². The fourth-order valence-electron chi connectivity index (χ4n) is 3.14. The second-order valence-electron chi connectivity index (χ2n) is 7.51. The van der Waals surface area contributed by atoms with Crippen LogP contribution in [0.25, 0.3) is 0 Å². The van der Waals surface area contributed by atoms with Gasteiger partial charge in [-0.1, -0.05) is 61.9 Å². The Balaban J connectivity index is 1.87. The molecule has 1 unspecified atom stereocenters. The first-order valence-corrected chi connectivity index (χ1v) is 10.3. The maximum atomic E-state index is 12.4. The maximum absolute atomic E-state index is 12.4. The quantitative estimate of drug-likeness (QED) is 0.766. The van der Waals surface area contributed by atoms with Crippen LogP contribution in [0, 0.1) is 5.92 Å². The van der Waals surface area contributed by atoms with Crippen molar-refractivity contribution in [1.29, 1.82) is 0 Å². The Kier molecular flexibility index (Phi) is 7.04. The van der Waals surface area contributed by atoms with Crippen molar-refractivity contribution < 1.29 is 9.59 Å². The molecular formula is C23H26ClN3O2. The number of amidine groups is 1. The van der Waals surface area contributed by atoms with E-state index in [4.69, 9.17) is 16.6 Å². The van der Waals surface area contributed by atoms with E-state index < -0.39 is 0 Å². The maximum Gasteiger partial charge on any atom is 0.228 e.